The highest BCUT2D eigenvalue weighted by molar-refractivity contribution is 5.47. The average molecular weight is 322 g/mol. The van der Waals surface area contributed by atoms with Crippen LogP contribution < -0.4 is 0 Å². The Kier molecular flexibility index (Phi) is 4.83. The largest absolute Gasteiger partial charge is 0.396 e. The van der Waals surface area contributed by atoms with Gasteiger partial charge < -0.3 is 5.11 Å². The Bertz CT molecular complexity index is 742. The molecule has 0 unspecified atom stereocenters. The predicted molar refractivity (Wildman–Crippen MR) is 102 cm³/mol. The minimum atomic E-state index is 0.283. The molecule has 0 spiro atoms. The lowest BCUT2D eigenvalue weighted by Crippen LogP contribution is -2.22. The highest BCUT2D eigenvalue weighted by Crippen LogP contribution is 2.41. The second-order valence-corrected chi connectivity index (χ2v) is 7.95. The van der Waals surface area contributed by atoms with E-state index in [0.29, 0.717) is 17.8 Å². The minimum Gasteiger partial charge on any atom is -0.396 e. The molecule has 0 amide bonds. The predicted octanol–water partition coefficient (Wildman–Crippen LogP) is 5.42. The van der Waals surface area contributed by atoms with Crippen molar-refractivity contribution in [3.63, 3.8) is 0 Å². The molecule has 3 rings (SSSR count). The van der Waals surface area contributed by atoms with E-state index in [1.807, 2.05) is 0 Å². The molecule has 1 aliphatic rings. The molecule has 1 heteroatoms. The zero-order chi connectivity index (χ0) is 17.4. The maximum Gasteiger partial charge on any atom is 0.0462 e. The van der Waals surface area contributed by atoms with Crippen molar-refractivity contribution in [3.8, 4) is 0 Å². The third-order valence-corrected chi connectivity index (χ3v) is 5.79. The maximum atomic E-state index is 9.79. The van der Waals surface area contributed by atoms with Crippen LogP contribution in [0.25, 0.3) is 0 Å². The zero-order valence-corrected chi connectivity index (χ0v) is 15.7. The van der Waals surface area contributed by atoms with Gasteiger partial charge in [-0.25, -0.2) is 0 Å². The Labute approximate surface area is 146 Å². The van der Waals surface area contributed by atoms with Gasteiger partial charge in [-0.15, -0.1) is 0 Å². The van der Waals surface area contributed by atoms with Crippen LogP contribution in [0.2, 0.25) is 0 Å². The third kappa shape index (κ3) is 3.15. The van der Waals surface area contributed by atoms with Crippen LogP contribution in [0.4, 0.5) is 0 Å². The third-order valence-electron chi connectivity index (χ3n) is 5.79. The van der Waals surface area contributed by atoms with Crippen LogP contribution in [0.15, 0.2) is 30.3 Å². The first-order chi connectivity index (χ1) is 11.4. The second-order valence-electron chi connectivity index (χ2n) is 7.95. The van der Waals surface area contributed by atoms with Crippen LogP contribution >= 0.6 is 0 Å². The van der Waals surface area contributed by atoms with Crippen molar-refractivity contribution < 1.29 is 5.11 Å². The molecule has 0 radical (unpaired) electrons. The molecule has 2 aromatic carbocycles. The normalized spacial score (nSPS) is 20.3. The molecule has 0 saturated heterocycles. The van der Waals surface area contributed by atoms with Gasteiger partial charge >= 0.3 is 0 Å². The molecule has 0 heterocycles. The van der Waals surface area contributed by atoms with E-state index in [0.717, 1.165) is 12.8 Å². The maximum absolute atomic E-state index is 9.79. The molecule has 1 N–H and O–H groups in total. The van der Waals surface area contributed by atoms with Crippen molar-refractivity contribution in [2.24, 2.45) is 5.92 Å². The monoisotopic (exact) mass is 322 g/mol. The summed E-state index contributed by atoms with van der Waals surface area (Å²) < 4.78 is 0. The van der Waals surface area contributed by atoms with Crippen LogP contribution in [0.3, 0.4) is 0 Å². The number of rotatable bonds is 3. The molecule has 0 saturated carbocycles. The van der Waals surface area contributed by atoms with E-state index < -0.39 is 0 Å². The summed E-state index contributed by atoms with van der Waals surface area (Å²) in [4.78, 5) is 0. The van der Waals surface area contributed by atoms with Crippen molar-refractivity contribution in [1.82, 2.24) is 0 Å². The van der Waals surface area contributed by atoms with Crippen molar-refractivity contribution in [1.29, 1.82) is 0 Å². The fourth-order valence-electron chi connectivity index (χ4n) is 4.21. The van der Waals surface area contributed by atoms with Crippen LogP contribution in [0.1, 0.15) is 71.0 Å². The van der Waals surface area contributed by atoms with E-state index in [4.69, 9.17) is 0 Å². The SMILES string of the molecule is Cc1cc2c(cc1C)[C@@H](c1ccc(C)c(C(C)C)c1)C[C@@H](CO)C2. The summed E-state index contributed by atoms with van der Waals surface area (Å²) in [7, 11) is 0. The van der Waals surface area contributed by atoms with E-state index in [-0.39, 0.29) is 6.61 Å². The summed E-state index contributed by atoms with van der Waals surface area (Å²) in [5, 5.41) is 9.79. The molecule has 1 aliphatic carbocycles. The zero-order valence-electron chi connectivity index (χ0n) is 15.7. The molecule has 0 aliphatic heterocycles. The van der Waals surface area contributed by atoms with Gasteiger partial charge in [0.25, 0.3) is 0 Å². The number of aliphatic hydroxyl groups is 1. The highest BCUT2D eigenvalue weighted by atomic mass is 16.3. The molecular weight excluding hydrogens is 292 g/mol. The van der Waals surface area contributed by atoms with E-state index in [9.17, 15) is 5.11 Å². The Morgan fingerprint density at radius 3 is 2.38 bits per heavy atom. The van der Waals surface area contributed by atoms with E-state index >= 15 is 0 Å². The number of aliphatic hydroxyl groups excluding tert-OH is 1. The summed E-state index contributed by atoms with van der Waals surface area (Å²) in [6, 6.07) is 11.7. The molecule has 0 fully saturated rings. The lowest BCUT2D eigenvalue weighted by molar-refractivity contribution is 0.208. The number of aryl methyl sites for hydroxylation is 3. The quantitative estimate of drug-likeness (QED) is 0.799. The van der Waals surface area contributed by atoms with Gasteiger partial charge in [-0.1, -0.05) is 44.2 Å². The first-order valence-electron chi connectivity index (χ1n) is 9.22. The Morgan fingerprint density at radius 1 is 1.00 bits per heavy atom. The van der Waals surface area contributed by atoms with Crippen molar-refractivity contribution in [3.05, 3.63) is 69.3 Å². The number of hydrogen-bond donors (Lipinski definition) is 1. The van der Waals surface area contributed by atoms with Crippen molar-refractivity contribution in [2.75, 3.05) is 6.61 Å². The van der Waals surface area contributed by atoms with Gasteiger partial charge in [-0.2, -0.15) is 0 Å². The van der Waals surface area contributed by atoms with Gasteiger partial charge in [0.1, 0.15) is 0 Å². The standard InChI is InChI=1S/C23H30O/c1-14(2)21-12-19(7-6-15(21)3)23-11-18(13-24)10-20-8-16(4)17(5)9-22(20)23/h6-9,12,14,18,23-24H,10-11,13H2,1-5H3/t18-,23+/m0/s1. The lowest BCUT2D eigenvalue weighted by Gasteiger charge is -2.32. The van der Waals surface area contributed by atoms with Crippen molar-refractivity contribution >= 4 is 0 Å². The van der Waals surface area contributed by atoms with E-state index in [2.05, 4.69) is 65.0 Å². The Hall–Kier alpha value is -1.60. The van der Waals surface area contributed by atoms with Crippen LogP contribution in [-0.4, -0.2) is 11.7 Å². The highest BCUT2D eigenvalue weighted by Gasteiger charge is 2.28. The topological polar surface area (TPSA) is 20.2 Å². The number of benzene rings is 2. The van der Waals surface area contributed by atoms with Gasteiger partial charge in [0.05, 0.1) is 0 Å². The first kappa shape index (κ1) is 17.2. The van der Waals surface area contributed by atoms with Crippen LogP contribution in [0.5, 0.6) is 0 Å². The second kappa shape index (κ2) is 6.72. The molecule has 24 heavy (non-hydrogen) atoms. The molecule has 128 valence electrons. The van der Waals surface area contributed by atoms with Gasteiger partial charge in [-0.3, -0.25) is 0 Å². The summed E-state index contributed by atoms with van der Waals surface area (Å²) in [6.07, 6.45) is 2.05. The van der Waals surface area contributed by atoms with Gasteiger partial charge in [0.15, 0.2) is 0 Å². The van der Waals surface area contributed by atoms with E-state index in [1.54, 1.807) is 0 Å². The molecule has 2 aromatic rings. The van der Waals surface area contributed by atoms with Crippen molar-refractivity contribution in [2.45, 2.75) is 59.3 Å². The Balaban J connectivity index is 2.11. The molecule has 2 atom stereocenters. The van der Waals surface area contributed by atoms with Gasteiger partial charge in [0.2, 0.25) is 0 Å². The van der Waals surface area contributed by atoms with E-state index in [1.165, 1.54) is 38.9 Å². The summed E-state index contributed by atoms with van der Waals surface area (Å²) in [5.41, 5.74) is 9.87. The van der Waals surface area contributed by atoms with Crippen LogP contribution in [0, 0.1) is 26.7 Å². The summed E-state index contributed by atoms with van der Waals surface area (Å²) >= 11 is 0. The first-order valence-corrected chi connectivity index (χ1v) is 9.22. The number of fused-ring (bicyclic) bond motifs is 1. The summed E-state index contributed by atoms with van der Waals surface area (Å²) in [5.74, 6) is 1.32. The molecule has 0 bridgehead atoms. The Morgan fingerprint density at radius 2 is 1.71 bits per heavy atom. The smallest absolute Gasteiger partial charge is 0.0462 e. The average Bonchev–Trinajstić information content (AvgIpc) is 2.55. The minimum absolute atomic E-state index is 0.283. The fourth-order valence-corrected chi connectivity index (χ4v) is 4.21. The summed E-state index contributed by atoms with van der Waals surface area (Å²) in [6.45, 7) is 11.4. The molecular formula is C23H30O. The van der Waals surface area contributed by atoms with Gasteiger partial charge in [-0.05, 0) is 84.4 Å². The number of hydrogen-bond acceptors (Lipinski definition) is 1. The molecule has 0 aromatic heterocycles. The molecule has 1 nitrogen and oxygen atoms in total. The fraction of sp³-hybridized carbons (Fsp3) is 0.478. The van der Waals surface area contributed by atoms with Gasteiger partial charge in [0, 0.05) is 12.5 Å². The lowest BCUT2D eigenvalue weighted by atomic mass is 9.72. The van der Waals surface area contributed by atoms with Crippen LogP contribution in [-0.2, 0) is 6.42 Å².